The molecule has 0 aliphatic rings. The lowest BCUT2D eigenvalue weighted by molar-refractivity contribution is 0.000424. The Labute approximate surface area is 123 Å². The second-order valence-corrected chi connectivity index (χ2v) is 6.53. The fourth-order valence-electron chi connectivity index (χ4n) is 1.53. The maximum absolute atomic E-state index is 5.98. The number of rotatable bonds is 11. The summed E-state index contributed by atoms with van der Waals surface area (Å²) in [6.07, 6.45) is 2.70. The fourth-order valence-corrected chi connectivity index (χ4v) is 3.74. The van der Waals surface area contributed by atoms with Gasteiger partial charge in [0.05, 0.1) is 0 Å². The van der Waals surface area contributed by atoms with Crippen molar-refractivity contribution in [1.29, 1.82) is 0 Å². The second kappa shape index (κ2) is 9.93. The summed E-state index contributed by atoms with van der Waals surface area (Å²) >= 11 is 0. The highest BCUT2D eigenvalue weighted by atomic mass is 28.4. The van der Waals surface area contributed by atoms with Gasteiger partial charge in [-0.3, -0.25) is 0 Å². The Morgan fingerprint density at radius 3 is 1.60 bits per heavy atom. The van der Waals surface area contributed by atoms with Crippen molar-refractivity contribution in [2.45, 2.75) is 40.0 Å². The fraction of sp³-hybridized carbons (Fsp3) is 0.600. The SMILES string of the molecule is CCCO[Si](OCCC)(OCCC)Oc1ccccc1. The molecule has 0 unspecified atom stereocenters. The quantitative estimate of drug-likeness (QED) is 0.583. The second-order valence-electron chi connectivity index (χ2n) is 4.46. The summed E-state index contributed by atoms with van der Waals surface area (Å²) in [6.45, 7) is 7.90. The first-order chi connectivity index (χ1) is 9.76. The average molecular weight is 298 g/mol. The van der Waals surface area contributed by atoms with Gasteiger partial charge in [-0.2, -0.15) is 0 Å². The van der Waals surface area contributed by atoms with Gasteiger partial charge in [0, 0.05) is 19.8 Å². The molecule has 20 heavy (non-hydrogen) atoms. The lowest BCUT2D eigenvalue weighted by Crippen LogP contribution is -2.52. The van der Waals surface area contributed by atoms with E-state index in [-0.39, 0.29) is 0 Å². The van der Waals surface area contributed by atoms with E-state index in [9.17, 15) is 0 Å². The summed E-state index contributed by atoms with van der Waals surface area (Å²) in [5.41, 5.74) is 0. The van der Waals surface area contributed by atoms with Gasteiger partial charge >= 0.3 is 9.05 Å². The molecule has 0 spiro atoms. The molecule has 4 nitrogen and oxygen atoms in total. The van der Waals surface area contributed by atoms with Crippen LogP contribution in [0.5, 0.6) is 5.75 Å². The molecular weight excluding hydrogens is 272 g/mol. The number of hydrogen-bond donors (Lipinski definition) is 0. The van der Waals surface area contributed by atoms with Crippen molar-refractivity contribution in [3.05, 3.63) is 30.3 Å². The molecule has 5 heteroatoms. The lowest BCUT2D eigenvalue weighted by atomic mass is 10.3. The van der Waals surface area contributed by atoms with E-state index in [1.807, 2.05) is 30.3 Å². The zero-order chi connectivity index (χ0) is 14.7. The van der Waals surface area contributed by atoms with Crippen molar-refractivity contribution in [2.75, 3.05) is 19.8 Å². The molecule has 0 atom stereocenters. The maximum Gasteiger partial charge on any atom is 0.749 e. The van der Waals surface area contributed by atoms with Crippen molar-refractivity contribution in [3.63, 3.8) is 0 Å². The number of hydrogen-bond acceptors (Lipinski definition) is 4. The van der Waals surface area contributed by atoms with Gasteiger partial charge in [0.1, 0.15) is 5.75 Å². The van der Waals surface area contributed by atoms with Gasteiger partial charge in [0.2, 0.25) is 0 Å². The van der Waals surface area contributed by atoms with Gasteiger partial charge in [-0.25, -0.2) is 0 Å². The predicted molar refractivity (Wildman–Crippen MR) is 81.6 cm³/mol. The van der Waals surface area contributed by atoms with Crippen LogP contribution in [0.3, 0.4) is 0 Å². The molecule has 1 aromatic carbocycles. The molecule has 0 N–H and O–H groups in total. The predicted octanol–water partition coefficient (Wildman–Crippen LogP) is 3.78. The molecule has 0 aromatic heterocycles. The van der Waals surface area contributed by atoms with Crippen LogP contribution in [0.1, 0.15) is 40.0 Å². The first-order valence-corrected chi connectivity index (χ1v) is 9.05. The van der Waals surface area contributed by atoms with Gasteiger partial charge in [-0.05, 0) is 31.4 Å². The lowest BCUT2D eigenvalue weighted by Gasteiger charge is -2.28. The molecule has 0 amide bonds. The number of para-hydroxylation sites is 1. The molecule has 0 aliphatic heterocycles. The summed E-state index contributed by atoms with van der Waals surface area (Å²) in [5.74, 6) is 0.725. The van der Waals surface area contributed by atoms with E-state index in [2.05, 4.69) is 20.8 Å². The number of benzene rings is 1. The summed E-state index contributed by atoms with van der Waals surface area (Å²) in [5, 5.41) is 0. The highest BCUT2D eigenvalue weighted by molar-refractivity contribution is 6.54. The van der Waals surface area contributed by atoms with E-state index in [0.29, 0.717) is 19.8 Å². The van der Waals surface area contributed by atoms with Gasteiger partial charge in [0.15, 0.2) is 0 Å². The highest BCUT2D eigenvalue weighted by Gasteiger charge is 2.48. The van der Waals surface area contributed by atoms with Crippen LogP contribution < -0.4 is 4.43 Å². The first-order valence-electron chi connectivity index (χ1n) is 7.42. The molecule has 0 bridgehead atoms. The molecule has 0 heterocycles. The Morgan fingerprint density at radius 1 is 0.750 bits per heavy atom. The van der Waals surface area contributed by atoms with Crippen LogP contribution in [-0.2, 0) is 13.3 Å². The molecule has 1 rings (SSSR count). The third-order valence-corrected chi connectivity index (χ3v) is 4.59. The van der Waals surface area contributed by atoms with Crippen molar-refractivity contribution in [3.8, 4) is 5.75 Å². The van der Waals surface area contributed by atoms with Crippen molar-refractivity contribution in [1.82, 2.24) is 0 Å². The minimum atomic E-state index is -3.10. The smallest absolute Gasteiger partial charge is 0.480 e. The molecule has 0 saturated carbocycles. The Kier molecular flexibility index (Phi) is 8.53. The van der Waals surface area contributed by atoms with Gasteiger partial charge in [-0.1, -0.05) is 39.0 Å². The summed E-state index contributed by atoms with van der Waals surface area (Å²) in [4.78, 5) is 0. The third-order valence-electron chi connectivity index (χ3n) is 2.43. The maximum atomic E-state index is 5.98. The normalized spacial score (nSPS) is 11.6. The van der Waals surface area contributed by atoms with Crippen molar-refractivity contribution < 1.29 is 17.7 Å². The van der Waals surface area contributed by atoms with Crippen LogP contribution in [-0.4, -0.2) is 28.9 Å². The van der Waals surface area contributed by atoms with E-state index in [0.717, 1.165) is 25.0 Å². The van der Waals surface area contributed by atoms with Gasteiger partial charge < -0.3 is 17.7 Å². The monoisotopic (exact) mass is 298 g/mol. The zero-order valence-electron chi connectivity index (χ0n) is 12.8. The van der Waals surface area contributed by atoms with Crippen LogP contribution in [0, 0.1) is 0 Å². The Balaban J connectivity index is 2.81. The van der Waals surface area contributed by atoms with E-state index in [1.165, 1.54) is 0 Å². The molecule has 0 aliphatic carbocycles. The van der Waals surface area contributed by atoms with Crippen molar-refractivity contribution >= 4 is 9.05 Å². The molecule has 0 radical (unpaired) electrons. The van der Waals surface area contributed by atoms with Crippen LogP contribution in [0.4, 0.5) is 0 Å². The Hall–Kier alpha value is -0.883. The van der Waals surface area contributed by atoms with Crippen molar-refractivity contribution in [2.24, 2.45) is 0 Å². The minimum absolute atomic E-state index is 0.576. The largest absolute Gasteiger partial charge is 0.749 e. The van der Waals surface area contributed by atoms with Gasteiger partial charge in [-0.15, -0.1) is 0 Å². The van der Waals surface area contributed by atoms with E-state index >= 15 is 0 Å². The highest BCUT2D eigenvalue weighted by Crippen LogP contribution is 2.19. The van der Waals surface area contributed by atoms with Crippen LogP contribution >= 0.6 is 0 Å². The molecule has 1 aromatic rings. The summed E-state index contributed by atoms with van der Waals surface area (Å²) < 4.78 is 23.6. The Morgan fingerprint density at radius 2 is 1.20 bits per heavy atom. The van der Waals surface area contributed by atoms with Crippen LogP contribution in [0.25, 0.3) is 0 Å². The molecule has 0 saturated heterocycles. The minimum Gasteiger partial charge on any atom is -0.480 e. The van der Waals surface area contributed by atoms with E-state index < -0.39 is 9.05 Å². The summed E-state index contributed by atoms with van der Waals surface area (Å²) in [6, 6.07) is 9.58. The van der Waals surface area contributed by atoms with Crippen LogP contribution in [0.15, 0.2) is 30.3 Å². The van der Waals surface area contributed by atoms with E-state index in [4.69, 9.17) is 17.7 Å². The zero-order valence-corrected chi connectivity index (χ0v) is 13.8. The topological polar surface area (TPSA) is 36.9 Å². The molecule has 114 valence electrons. The molecular formula is C15H26O4Si. The van der Waals surface area contributed by atoms with E-state index in [1.54, 1.807) is 0 Å². The first kappa shape index (κ1) is 17.2. The standard InChI is InChI=1S/C15H26O4Si/c1-4-12-16-20(17-13-5-2,18-14-6-3)19-15-10-8-7-9-11-15/h7-11H,4-6,12-14H2,1-3H3. The summed E-state index contributed by atoms with van der Waals surface area (Å²) in [7, 11) is -3.10. The third kappa shape index (κ3) is 6.05. The molecule has 0 fully saturated rings. The van der Waals surface area contributed by atoms with Gasteiger partial charge in [0.25, 0.3) is 0 Å². The Bertz CT molecular complexity index is 323. The van der Waals surface area contributed by atoms with Crippen LogP contribution in [0.2, 0.25) is 0 Å². The average Bonchev–Trinajstić information content (AvgIpc) is 2.49.